The molecular weight excluding hydrogens is 258 g/mol. The maximum Gasteiger partial charge on any atom is 0.301 e. The average molecular weight is 269 g/mol. The standard InChI is InChI=1S/C10H11N3O4S/c14-10-6-17-9-2-1-7(5-8(9)11-10)12-18(15,16)13-3-4-13/h1-2,5,12H,3-4,6H2,(H,11,14). The van der Waals surface area contributed by atoms with Crippen molar-refractivity contribution < 1.29 is 17.9 Å². The number of carbonyl (C=O) groups is 1. The number of carbonyl (C=O) groups excluding carboxylic acids is 1. The van der Waals surface area contributed by atoms with Crippen LogP contribution >= 0.6 is 0 Å². The van der Waals surface area contributed by atoms with Gasteiger partial charge in [-0.3, -0.25) is 9.52 Å². The highest BCUT2D eigenvalue weighted by Crippen LogP contribution is 2.31. The van der Waals surface area contributed by atoms with E-state index in [-0.39, 0.29) is 12.5 Å². The minimum absolute atomic E-state index is 0.0220. The lowest BCUT2D eigenvalue weighted by Crippen LogP contribution is -2.26. The second kappa shape index (κ2) is 3.85. The van der Waals surface area contributed by atoms with Gasteiger partial charge in [-0.15, -0.1) is 0 Å². The third-order valence-electron chi connectivity index (χ3n) is 2.61. The Morgan fingerprint density at radius 3 is 2.83 bits per heavy atom. The topological polar surface area (TPSA) is 87.5 Å². The maximum absolute atomic E-state index is 11.7. The molecule has 1 amide bonds. The first-order valence-electron chi connectivity index (χ1n) is 5.39. The number of rotatable bonds is 3. The molecule has 18 heavy (non-hydrogen) atoms. The van der Waals surface area contributed by atoms with Crippen LogP contribution in [0.5, 0.6) is 5.75 Å². The number of benzene rings is 1. The van der Waals surface area contributed by atoms with Crippen LogP contribution in [0.1, 0.15) is 0 Å². The molecule has 0 aromatic heterocycles. The Morgan fingerprint density at radius 1 is 1.33 bits per heavy atom. The van der Waals surface area contributed by atoms with Crippen molar-refractivity contribution in [3.8, 4) is 5.75 Å². The third-order valence-corrected chi connectivity index (χ3v) is 4.14. The van der Waals surface area contributed by atoms with Gasteiger partial charge in [-0.25, -0.2) is 0 Å². The summed E-state index contributed by atoms with van der Waals surface area (Å²) in [7, 11) is -3.45. The number of fused-ring (bicyclic) bond motifs is 1. The molecule has 2 N–H and O–H groups in total. The third kappa shape index (κ3) is 2.12. The molecule has 1 fully saturated rings. The molecule has 3 rings (SSSR count). The quantitative estimate of drug-likeness (QED) is 0.755. The van der Waals surface area contributed by atoms with Crippen molar-refractivity contribution in [1.82, 2.24) is 4.31 Å². The molecule has 0 atom stereocenters. The molecule has 0 spiro atoms. The summed E-state index contributed by atoms with van der Waals surface area (Å²) < 4.78 is 32.3. The van der Waals surface area contributed by atoms with Gasteiger partial charge in [-0.1, -0.05) is 0 Å². The van der Waals surface area contributed by atoms with Crippen LogP contribution in [-0.2, 0) is 15.0 Å². The van der Waals surface area contributed by atoms with Crippen molar-refractivity contribution in [1.29, 1.82) is 0 Å². The van der Waals surface area contributed by atoms with Crippen LogP contribution in [0.2, 0.25) is 0 Å². The minimum atomic E-state index is -3.45. The molecule has 1 aromatic carbocycles. The highest BCUT2D eigenvalue weighted by Gasteiger charge is 2.31. The van der Waals surface area contributed by atoms with Crippen LogP contribution in [0.15, 0.2) is 18.2 Å². The van der Waals surface area contributed by atoms with E-state index in [9.17, 15) is 13.2 Å². The van der Waals surface area contributed by atoms with E-state index < -0.39 is 10.2 Å². The van der Waals surface area contributed by atoms with E-state index in [4.69, 9.17) is 4.74 Å². The zero-order chi connectivity index (χ0) is 12.8. The van der Waals surface area contributed by atoms with E-state index in [1.807, 2.05) is 0 Å². The Morgan fingerprint density at radius 2 is 2.11 bits per heavy atom. The van der Waals surface area contributed by atoms with Gasteiger partial charge in [0, 0.05) is 13.1 Å². The molecule has 0 unspecified atom stereocenters. The first-order valence-corrected chi connectivity index (χ1v) is 6.83. The Labute approximate surface area is 104 Å². The van der Waals surface area contributed by atoms with E-state index in [2.05, 4.69) is 10.0 Å². The van der Waals surface area contributed by atoms with Crippen LogP contribution in [0.4, 0.5) is 11.4 Å². The van der Waals surface area contributed by atoms with Gasteiger partial charge >= 0.3 is 10.2 Å². The molecule has 1 aromatic rings. The summed E-state index contributed by atoms with van der Waals surface area (Å²) in [6, 6.07) is 4.75. The summed E-state index contributed by atoms with van der Waals surface area (Å²) in [4.78, 5) is 11.2. The summed E-state index contributed by atoms with van der Waals surface area (Å²) in [6.45, 7) is 1.06. The Hall–Kier alpha value is -1.80. The molecule has 0 bridgehead atoms. The highest BCUT2D eigenvalue weighted by atomic mass is 32.2. The molecule has 2 aliphatic rings. The van der Waals surface area contributed by atoms with Gasteiger partial charge in [-0.05, 0) is 18.2 Å². The number of anilines is 2. The van der Waals surface area contributed by atoms with Crippen molar-refractivity contribution >= 4 is 27.5 Å². The number of amides is 1. The van der Waals surface area contributed by atoms with Crippen LogP contribution in [0.25, 0.3) is 0 Å². The number of nitrogens with zero attached hydrogens (tertiary/aromatic N) is 1. The van der Waals surface area contributed by atoms with Gasteiger partial charge in [0.2, 0.25) is 0 Å². The van der Waals surface area contributed by atoms with Crippen molar-refractivity contribution in [3.05, 3.63) is 18.2 Å². The van der Waals surface area contributed by atoms with Gasteiger partial charge in [0.15, 0.2) is 6.61 Å². The van der Waals surface area contributed by atoms with E-state index >= 15 is 0 Å². The van der Waals surface area contributed by atoms with E-state index in [1.54, 1.807) is 12.1 Å². The summed E-state index contributed by atoms with van der Waals surface area (Å²) in [5.41, 5.74) is 0.865. The lowest BCUT2D eigenvalue weighted by atomic mass is 10.2. The molecule has 0 saturated carbocycles. The van der Waals surface area contributed by atoms with Gasteiger partial charge in [0.05, 0.1) is 11.4 Å². The maximum atomic E-state index is 11.7. The zero-order valence-electron chi connectivity index (χ0n) is 9.34. The summed E-state index contributed by atoms with van der Waals surface area (Å²) in [5, 5.41) is 2.62. The zero-order valence-corrected chi connectivity index (χ0v) is 10.2. The van der Waals surface area contributed by atoms with Crippen molar-refractivity contribution in [2.75, 3.05) is 29.7 Å². The fourth-order valence-electron chi connectivity index (χ4n) is 1.64. The molecule has 0 radical (unpaired) electrons. The normalized spacial score (nSPS) is 18.6. The number of hydrogen-bond acceptors (Lipinski definition) is 4. The molecule has 2 heterocycles. The minimum Gasteiger partial charge on any atom is -0.482 e. The van der Waals surface area contributed by atoms with E-state index in [0.717, 1.165) is 0 Å². The lowest BCUT2D eigenvalue weighted by Gasteiger charge is -2.18. The molecule has 7 nitrogen and oxygen atoms in total. The lowest BCUT2D eigenvalue weighted by molar-refractivity contribution is -0.118. The van der Waals surface area contributed by atoms with Crippen LogP contribution < -0.4 is 14.8 Å². The summed E-state index contributed by atoms with van der Waals surface area (Å²) in [6.07, 6.45) is 0. The fourth-order valence-corrected chi connectivity index (χ4v) is 2.76. The molecule has 96 valence electrons. The van der Waals surface area contributed by atoms with Gasteiger partial charge in [-0.2, -0.15) is 12.7 Å². The van der Waals surface area contributed by atoms with Gasteiger partial charge in [0.25, 0.3) is 5.91 Å². The van der Waals surface area contributed by atoms with Crippen molar-refractivity contribution in [2.24, 2.45) is 0 Å². The SMILES string of the molecule is O=C1COc2ccc(NS(=O)(=O)N3CC3)cc2N1. The average Bonchev–Trinajstić information content (AvgIpc) is 3.11. The Balaban J connectivity index is 1.85. The van der Waals surface area contributed by atoms with Crippen LogP contribution in [0, 0.1) is 0 Å². The van der Waals surface area contributed by atoms with E-state index in [0.29, 0.717) is 30.2 Å². The second-order valence-corrected chi connectivity index (χ2v) is 5.72. The predicted octanol–water partition coefficient (Wildman–Crippen LogP) is -0.0102. The monoisotopic (exact) mass is 269 g/mol. The number of nitrogens with one attached hydrogen (secondary N) is 2. The van der Waals surface area contributed by atoms with Crippen LogP contribution in [0.3, 0.4) is 0 Å². The molecule has 0 aliphatic carbocycles. The number of ether oxygens (including phenoxy) is 1. The van der Waals surface area contributed by atoms with Gasteiger partial charge < -0.3 is 10.1 Å². The highest BCUT2D eigenvalue weighted by molar-refractivity contribution is 7.90. The Kier molecular flexibility index (Phi) is 2.42. The molecule has 2 aliphatic heterocycles. The largest absolute Gasteiger partial charge is 0.482 e. The van der Waals surface area contributed by atoms with Crippen molar-refractivity contribution in [2.45, 2.75) is 0 Å². The summed E-state index contributed by atoms with van der Waals surface area (Å²) in [5.74, 6) is 0.276. The van der Waals surface area contributed by atoms with Crippen LogP contribution in [-0.4, -0.2) is 38.3 Å². The number of hydrogen-bond donors (Lipinski definition) is 2. The molecular formula is C10H11N3O4S. The smallest absolute Gasteiger partial charge is 0.301 e. The fraction of sp³-hybridized carbons (Fsp3) is 0.300. The first kappa shape index (κ1) is 11.3. The summed E-state index contributed by atoms with van der Waals surface area (Å²) >= 11 is 0. The predicted molar refractivity (Wildman–Crippen MR) is 64.7 cm³/mol. The van der Waals surface area contributed by atoms with Gasteiger partial charge in [0.1, 0.15) is 5.75 Å². The molecule has 8 heteroatoms. The Bertz CT molecular complexity index is 610. The van der Waals surface area contributed by atoms with E-state index in [1.165, 1.54) is 10.4 Å². The molecule has 1 saturated heterocycles. The first-order chi connectivity index (χ1) is 8.54. The van der Waals surface area contributed by atoms with Crippen molar-refractivity contribution in [3.63, 3.8) is 0 Å². The second-order valence-electron chi connectivity index (χ2n) is 4.05.